The van der Waals surface area contributed by atoms with E-state index >= 15 is 0 Å². The number of anilines is 1. The van der Waals surface area contributed by atoms with Crippen molar-refractivity contribution in [2.45, 2.75) is 25.8 Å². The Balaban J connectivity index is 2.02. The van der Waals surface area contributed by atoms with Crippen LogP contribution in [-0.2, 0) is 4.79 Å². The van der Waals surface area contributed by atoms with Crippen molar-refractivity contribution in [2.24, 2.45) is 5.73 Å². The zero-order chi connectivity index (χ0) is 14.7. The molecule has 1 heterocycles. The molecule has 0 radical (unpaired) electrons. The number of hydrogen-bond donors (Lipinski definition) is 2. The van der Waals surface area contributed by atoms with E-state index < -0.39 is 0 Å². The third-order valence-electron chi connectivity index (χ3n) is 3.49. The smallest absolute Gasteiger partial charge is 0.217 e. The monoisotopic (exact) mass is 355 g/mol. The number of carbonyl (C=O) groups excluding carboxylic acids is 1. The van der Waals surface area contributed by atoms with Crippen molar-refractivity contribution in [2.75, 3.05) is 18.0 Å². The molecule has 1 aliphatic heterocycles. The molecule has 0 spiro atoms. The lowest BCUT2D eigenvalue weighted by Gasteiger charge is -2.34. The summed E-state index contributed by atoms with van der Waals surface area (Å²) >= 11 is 8.51. The van der Waals surface area contributed by atoms with Crippen LogP contribution in [0.5, 0.6) is 0 Å². The number of rotatable bonds is 3. The van der Waals surface area contributed by atoms with Crippen LogP contribution in [0.3, 0.4) is 0 Å². The van der Waals surface area contributed by atoms with Crippen LogP contribution in [0.4, 0.5) is 5.69 Å². The molecule has 0 bridgehead atoms. The quantitative estimate of drug-likeness (QED) is 0.816. The standard InChI is InChI=1S/C14H18BrN3OS/c1-9(19)17-10-4-6-18(7-5-10)11-2-3-12(14(16)20)13(15)8-11/h2-3,8,10H,4-7H2,1H3,(H2,16,20)(H,17,19). The zero-order valence-corrected chi connectivity index (χ0v) is 13.8. The molecule has 20 heavy (non-hydrogen) atoms. The Labute approximate surface area is 132 Å². The number of nitrogens with zero attached hydrogens (tertiary/aromatic N) is 1. The molecular weight excluding hydrogens is 338 g/mol. The molecule has 6 heteroatoms. The van der Waals surface area contributed by atoms with Gasteiger partial charge in [-0.05, 0) is 47.0 Å². The molecule has 1 aromatic rings. The maximum absolute atomic E-state index is 11.1. The zero-order valence-electron chi connectivity index (χ0n) is 11.4. The minimum atomic E-state index is 0.0482. The topological polar surface area (TPSA) is 58.4 Å². The van der Waals surface area contributed by atoms with Gasteiger partial charge in [-0.25, -0.2) is 0 Å². The first-order valence-electron chi connectivity index (χ1n) is 6.59. The number of carbonyl (C=O) groups is 1. The van der Waals surface area contributed by atoms with Crippen molar-refractivity contribution in [3.05, 3.63) is 28.2 Å². The largest absolute Gasteiger partial charge is 0.389 e. The summed E-state index contributed by atoms with van der Waals surface area (Å²) in [5.41, 5.74) is 7.66. The number of thiocarbonyl (C=S) groups is 1. The Hall–Kier alpha value is -1.14. The third kappa shape index (κ3) is 3.70. The molecule has 3 N–H and O–H groups in total. The van der Waals surface area contributed by atoms with Gasteiger partial charge < -0.3 is 16.0 Å². The second-order valence-corrected chi connectivity index (χ2v) is 6.28. The summed E-state index contributed by atoms with van der Waals surface area (Å²) in [5, 5.41) is 2.98. The molecule has 0 aliphatic carbocycles. The predicted molar refractivity (Wildman–Crippen MR) is 89.1 cm³/mol. The Kier molecular flexibility index (Phi) is 4.99. The van der Waals surface area contributed by atoms with Crippen molar-refractivity contribution in [1.29, 1.82) is 0 Å². The van der Waals surface area contributed by atoms with Crippen molar-refractivity contribution in [3.8, 4) is 0 Å². The fraction of sp³-hybridized carbons (Fsp3) is 0.429. The van der Waals surface area contributed by atoms with Gasteiger partial charge in [0, 0.05) is 41.8 Å². The van der Waals surface area contributed by atoms with Gasteiger partial charge in [0.15, 0.2) is 0 Å². The van der Waals surface area contributed by atoms with E-state index in [0.717, 1.165) is 41.7 Å². The first-order valence-corrected chi connectivity index (χ1v) is 7.79. The van der Waals surface area contributed by atoms with Crippen LogP contribution in [0.15, 0.2) is 22.7 Å². The van der Waals surface area contributed by atoms with Gasteiger partial charge >= 0.3 is 0 Å². The Morgan fingerprint density at radius 3 is 2.60 bits per heavy atom. The van der Waals surface area contributed by atoms with E-state index in [1.165, 1.54) is 0 Å². The lowest BCUT2D eigenvalue weighted by atomic mass is 10.0. The summed E-state index contributed by atoms with van der Waals surface area (Å²) in [4.78, 5) is 13.8. The number of benzene rings is 1. The Morgan fingerprint density at radius 1 is 1.45 bits per heavy atom. The van der Waals surface area contributed by atoms with E-state index in [0.29, 0.717) is 11.0 Å². The van der Waals surface area contributed by atoms with E-state index in [1.54, 1.807) is 6.92 Å². The average molecular weight is 356 g/mol. The van der Waals surface area contributed by atoms with Crippen molar-refractivity contribution in [3.63, 3.8) is 0 Å². The molecule has 1 fully saturated rings. The molecule has 1 aromatic carbocycles. The third-order valence-corrected chi connectivity index (χ3v) is 4.36. The molecule has 0 aromatic heterocycles. The molecular formula is C14H18BrN3OS. The maximum atomic E-state index is 11.1. The number of piperidine rings is 1. The number of nitrogens with two attached hydrogens (primary N) is 1. The number of amides is 1. The van der Waals surface area contributed by atoms with Crippen LogP contribution in [0.1, 0.15) is 25.3 Å². The lowest BCUT2D eigenvalue weighted by molar-refractivity contribution is -0.119. The average Bonchev–Trinajstić information content (AvgIpc) is 2.38. The molecule has 1 aliphatic rings. The highest BCUT2D eigenvalue weighted by atomic mass is 79.9. The molecule has 0 unspecified atom stereocenters. The van der Waals surface area contributed by atoms with Gasteiger partial charge in [-0.15, -0.1) is 0 Å². The Morgan fingerprint density at radius 2 is 2.10 bits per heavy atom. The molecule has 108 valence electrons. The lowest BCUT2D eigenvalue weighted by Crippen LogP contribution is -2.44. The molecule has 0 saturated carbocycles. The summed E-state index contributed by atoms with van der Waals surface area (Å²) in [5.74, 6) is 0.0482. The maximum Gasteiger partial charge on any atom is 0.217 e. The molecule has 2 rings (SSSR count). The summed E-state index contributed by atoms with van der Waals surface area (Å²) in [6.45, 7) is 3.44. The Bertz CT molecular complexity index is 527. The van der Waals surface area contributed by atoms with Crippen LogP contribution < -0.4 is 16.0 Å². The van der Waals surface area contributed by atoms with Gasteiger partial charge in [-0.1, -0.05) is 12.2 Å². The van der Waals surface area contributed by atoms with Gasteiger partial charge in [-0.3, -0.25) is 4.79 Å². The van der Waals surface area contributed by atoms with E-state index in [9.17, 15) is 4.79 Å². The highest BCUT2D eigenvalue weighted by Gasteiger charge is 2.20. The minimum absolute atomic E-state index is 0.0482. The number of nitrogens with one attached hydrogen (secondary N) is 1. The van der Waals surface area contributed by atoms with E-state index in [-0.39, 0.29) is 5.91 Å². The van der Waals surface area contributed by atoms with Gasteiger partial charge in [0.25, 0.3) is 0 Å². The second-order valence-electron chi connectivity index (χ2n) is 4.99. The van der Waals surface area contributed by atoms with E-state index in [4.69, 9.17) is 18.0 Å². The SMILES string of the molecule is CC(=O)NC1CCN(c2ccc(C(N)=S)c(Br)c2)CC1. The molecule has 1 amide bonds. The van der Waals surface area contributed by atoms with Crippen LogP contribution in [0, 0.1) is 0 Å². The van der Waals surface area contributed by atoms with Crippen LogP contribution >= 0.6 is 28.1 Å². The van der Waals surface area contributed by atoms with Crippen molar-refractivity contribution >= 4 is 44.7 Å². The molecule has 1 saturated heterocycles. The summed E-state index contributed by atoms with van der Waals surface area (Å²) < 4.78 is 0.923. The van der Waals surface area contributed by atoms with Crippen LogP contribution in [-0.4, -0.2) is 30.0 Å². The van der Waals surface area contributed by atoms with E-state index in [2.05, 4.69) is 26.1 Å². The fourth-order valence-corrected chi connectivity index (χ4v) is 3.36. The normalized spacial score (nSPS) is 16.0. The van der Waals surface area contributed by atoms with Gasteiger partial charge in [0.05, 0.1) is 0 Å². The minimum Gasteiger partial charge on any atom is -0.389 e. The summed E-state index contributed by atoms with van der Waals surface area (Å²) in [6.07, 6.45) is 1.93. The summed E-state index contributed by atoms with van der Waals surface area (Å²) in [7, 11) is 0. The van der Waals surface area contributed by atoms with Gasteiger partial charge in [-0.2, -0.15) is 0 Å². The van der Waals surface area contributed by atoms with Crippen molar-refractivity contribution in [1.82, 2.24) is 5.32 Å². The molecule has 0 atom stereocenters. The number of halogens is 1. The second kappa shape index (κ2) is 6.54. The first kappa shape index (κ1) is 15.3. The van der Waals surface area contributed by atoms with Crippen molar-refractivity contribution < 1.29 is 4.79 Å². The van der Waals surface area contributed by atoms with Crippen LogP contribution in [0.2, 0.25) is 0 Å². The predicted octanol–water partition coefficient (Wildman–Crippen LogP) is 2.19. The first-order chi connectivity index (χ1) is 9.47. The van der Waals surface area contributed by atoms with Gasteiger partial charge in [0.2, 0.25) is 5.91 Å². The van der Waals surface area contributed by atoms with Gasteiger partial charge in [0.1, 0.15) is 4.99 Å². The fourth-order valence-electron chi connectivity index (χ4n) is 2.47. The highest BCUT2D eigenvalue weighted by molar-refractivity contribution is 9.10. The number of hydrogen-bond acceptors (Lipinski definition) is 3. The highest BCUT2D eigenvalue weighted by Crippen LogP contribution is 2.26. The van der Waals surface area contributed by atoms with E-state index in [1.807, 2.05) is 18.2 Å². The molecule has 4 nitrogen and oxygen atoms in total. The summed E-state index contributed by atoms with van der Waals surface area (Å²) in [6, 6.07) is 6.33. The van der Waals surface area contributed by atoms with Crippen LogP contribution in [0.25, 0.3) is 0 Å².